The number of nitrogens with zero attached hydrogens (tertiary/aromatic N) is 1. The number of carbonyl (C=O) groups excluding carboxylic acids is 3. The van der Waals surface area contributed by atoms with E-state index in [1.54, 1.807) is 12.1 Å². The zero-order chi connectivity index (χ0) is 23.2. The van der Waals surface area contributed by atoms with Crippen molar-refractivity contribution in [2.75, 3.05) is 31.7 Å². The van der Waals surface area contributed by atoms with E-state index in [0.717, 1.165) is 0 Å². The second-order valence-electron chi connectivity index (χ2n) is 10.00. The van der Waals surface area contributed by atoms with Crippen molar-refractivity contribution in [2.24, 2.45) is 11.3 Å². The highest BCUT2D eigenvalue weighted by molar-refractivity contribution is 6.01. The first-order valence-electron chi connectivity index (χ1n) is 11.8. The fourth-order valence-electron chi connectivity index (χ4n) is 5.80. The lowest BCUT2D eigenvalue weighted by molar-refractivity contribution is -0.134. The number of alkyl carbamates (subject to hydrolysis) is 1. The average Bonchev–Trinajstić information content (AvgIpc) is 2.68. The molecule has 2 heterocycles. The third-order valence-electron chi connectivity index (χ3n) is 7.78. The van der Waals surface area contributed by atoms with E-state index >= 15 is 4.39 Å². The lowest BCUT2D eigenvalue weighted by atomic mass is 9.52. The number of imide groups is 1. The summed E-state index contributed by atoms with van der Waals surface area (Å²) in [6.45, 7) is 1.50. The molecule has 1 spiro atoms. The van der Waals surface area contributed by atoms with Crippen LogP contribution < -0.4 is 20.3 Å². The van der Waals surface area contributed by atoms with Crippen LogP contribution in [0, 0.1) is 17.2 Å². The predicted octanol–water partition coefficient (Wildman–Crippen LogP) is 2.85. The van der Waals surface area contributed by atoms with Gasteiger partial charge in [0.15, 0.2) is 11.6 Å². The highest BCUT2D eigenvalue weighted by Crippen LogP contribution is 2.58. The molecule has 33 heavy (non-hydrogen) atoms. The molecule has 2 aliphatic carbocycles. The van der Waals surface area contributed by atoms with Crippen LogP contribution in [0.2, 0.25) is 0 Å². The van der Waals surface area contributed by atoms with E-state index in [2.05, 4.69) is 10.6 Å². The van der Waals surface area contributed by atoms with E-state index in [0.29, 0.717) is 36.7 Å². The molecule has 8 nitrogen and oxygen atoms in total. The summed E-state index contributed by atoms with van der Waals surface area (Å²) in [4.78, 5) is 37.6. The summed E-state index contributed by atoms with van der Waals surface area (Å²) in [5.74, 6) is -1.59. The summed E-state index contributed by atoms with van der Waals surface area (Å²) in [6, 6.07) is 3.22. The van der Waals surface area contributed by atoms with Crippen LogP contribution in [-0.2, 0) is 14.3 Å². The van der Waals surface area contributed by atoms with Crippen molar-refractivity contribution in [3.05, 3.63) is 23.5 Å². The number of ether oxygens (including phenoxy) is 2. The molecule has 2 aliphatic heterocycles. The van der Waals surface area contributed by atoms with Crippen molar-refractivity contribution in [3.63, 3.8) is 0 Å². The van der Waals surface area contributed by atoms with Gasteiger partial charge in [-0.15, -0.1) is 0 Å². The molecule has 9 heteroatoms. The molecule has 3 amide bonds. The zero-order valence-corrected chi connectivity index (χ0v) is 18.8. The van der Waals surface area contributed by atoms with Crippen molar-refractivity contribution < 1.29 is 28.2 Å². The predicted molar refractivity (Wildman–Crippen MR) is 118 cm³/mol. The van der Waals surface area contributed by atoms with Gasteiger partial charge in [-0.1, -0.05) is 12.5 Å². The highest BCUT2D eigenvalue weighted by Gasteiger charge is 2.48. The minimum absolute atomic E-state index is 0.0631. The van der Waals surface area contributed by atoms with Gasteiger partial charge in [0, 0.05) is 25.1 Å². The first-order valence-corrected chi connectivity index (χ1v) is 11.8. The molecule has 5 rings (SSSR count). The molecule has 2 N–H and O–H groups in total. The lowest BCUT2D eigenvalue weighted by Crippen LogP contribution is -2.59. The summed E-state index contributed by atoms with van der Waals surface area (Å²) in [5.41, 5.74) is 1.36. The number of rotatable bonds is 6. The average molecular weight is 460 g/mol. The Hall–Kier alpha value is -2.84. The van der Waals surface area contributed by atoms with Gasteiger partial charge in [0.2, 0.25) is 11.8 Å². The fraction of sp³-hybridized carbons (Fsp3) is 0.625. The van der Waals surface area contributed by atoms with E-state index in [1.165, 1.54) is 39.2 Å². The van der Waals surface area contributed by atoms with Crippen LogP contribution >= 0.6 is 0 Å². The van der Waals surface area contributed by atoms with E-state index in [-0.39, 0.29) is 36.1 Å². The number of methoxy groups -OCH3 is 1. The maximum atomic E-state index is 15.2. The molecule has 0 radical (unpaired) electrons. The van der Waals surface area contributed by atoms with E-state index in [4.69, 9.17) is 9.47 Å². The monoisotopic (exact) mass is 459 g/mol. The number of amides is 3. The molecular weight excluding hydrogens is 429 g/mol. The zero-order valence-electron chi connectivity index (χ0n) is 18.8. The molecule has 2 saturated heterocycles. The second kappa shape index (κ2) is 8.50. The van der Waals surface area contributed by atoms with Crippen LogP contribution in [-0.4, -0.2) is 50.8 Å². The van der Waals surface area contributed by atoms with Gasteiger partial charge < -0.3 is 19.7 Å². The third-order valence-corrected chi connectivity index (χ3v) is 7.78. The minimum Gasteiger partial charge on any atom is -0.492 e. The Morgan fingerprint density at radius 1 is 1.27 bits per heavy atom. The number of piperidine rings is 1. The molecule has 0 aromatic heterocycles. The van der Waals surface area contributed by atoms with Gasteiger partial charge in [0.25, 0.3) is 0 Å². The highest BCUT2D eigenvalue weighted by atomic mass is 19.1. The van der Waals surface area contributed by atoms with Crippen LogP contribution in [0.5, 0.6) is 5.75 Å². The molecule has 1 atom stereocenters. The number of carbonyl (C=O) groups is 3. The SMILES string of the molecule is COc1c(N2CC(NC(=O)OCC3CC4(CCC4)C3)C2)ccc(C2CCC(=O)NC2=O)c1F. The van der Waals surface area contributed by atoms with Gasteiger partial charge in [-0.3, -0.25) is 14.9 Å². The van der Waals surface area contributed by atoms with Crippen molar-refractivity contribution >= 4 is 23.6 Å². The quantitative estimate of drug-likeness (QED) is 0.635. The Morgan fingerprint density at radius 3 is 2.67 bits per heavy atom. The molecule has 1 aromatic carbocycles. The Morgan fingerprint density at radius 2 is 2.03 bits per heavy atom. The summed E-state index contributed by atoms with van der Waals surface area (Å²) in [6.07, 6.45) is 6.38. The van der Waals surface area contributed by atoms with Crippen molar-refractivity contribution in [2.45, 2.75) is 56.9 Å². The van der Waals surface area contributed by atoms with Crippen LogP contribution in [0.15, 0.2) is 12.1 Å². The summed E-state index contributed by atoms with van der Waals surface area (Å²) in [7, 11) is 1.39. The van der Waals surface area contributed by atoms with Gasteiger partial charge >= 0.3 is 6.09 Å². The second-order valence-corrected chi connectivity index (χ2v) is 10.00. The maximum Gasteiger partial charge on any atom is 0.407 e. The third kappa shape index (κ3) is 4.13. The van der Waals surface area contributed by atoms with Gasteiger partial charge in [-0.25, -0.2) is 9.18 Å². The molecule has 1 aromatic rings. The smallest absolute Gasteiger partial charge is 0.407 e. The Balaban J connectivity index is 1.13. The largest absolute Gasteiger partial charge is 0.492 e. The molecule has 178 valence electrons. The number of nitrogens with one attached hydrogen (secondary N) is 2. The molecule has 0 bridgehead atoms. The van der Waals surface area contributed by atoms with Crippen molar-refractivity contribution in [1.29, 1.82) is 0 Å². The minimum atomic E-state index is -0.721. The number of hydrogen-bond acceptors (Lipinski definition) is 6. The van der Waals surface area contributed by atoms with Crippen LogP contribution in [0.3, 0.4) is 0 Å². The first kappa shape index (κ1) is 22.0. The summed E-state index contributed by atoms with van der Waals surface area (Å²) in [5, 5.41) is 5.13. The fourth-order valence-corrected chi connectivity index (χ4v) is 5.80. The van der Waals surface area contributed by atoms with Crippen molar-refractivity contribution in [3.8, 4) is 5.75 Å². The van der Waals surface area contributed by atoms with Gasteiger partial charge in [0.1, 0.15) is 0 Å². The number of hydrogen-bond donors (Lipinski definition) is 2. The molecule has 2 saturated carbocycles. The van der Waals surface area contributed by atoms with E-state index in [1.807, 2.05) is 4.90 Å². The standard InChI is InChI=1S/C24H30FN3O5/c1-32-21-18(5-3-16(20(21)25)17-4-6-19(29)27-22(17)30)28-11-15(12-28)26-23(31)33-13-14-9-24(10-14)7-2-8-24/h3,5,14-15,17H,2,4,6-13H2,1H3,(H,26,31)(H,27,29,30). The first-order chi connectivity index (χ1) is 15.9. The molecule has 4 aliphatic rings. The van der Waals surface area contributed by atoms with E-state index < -0.39 is 23.7 Å². The molecular formula is C24H30FN3O5. The Bertz CT molecular complexity index is 965. The Labute approximate surface area is 192 Å². The van der Waals surface area contributed by atoms with Gasteiger partial charge in [-0.05, 0) is 49.5 Å². The normalized spacial score (nSPS) is 24.4. The lowest BCUT2D eigenvalue weighted by Gasteiger charge is -2.54. The molecule has 4 fully saturated rings. The van der Waals surface area contributed by atoms with Gasteiger partial charge in [0.05, 0.1) is 31.4 Å². The van der Waals surface area contributed by atoms with Crippen LogP contribution in [0.1, 0.15) is 56.4 Å². The number of benzene rings is 1. The molecule has 1 unspecified atom stereocenters. The van der Waals surface area contributed by atoms with Crippen LogP contribution in [0.25, 0.3) is 0 Å². The van der Waals surface area contributed by atoms with Gasteiger partial charge in [-0.2, -0.15) is 0 Å². The topological polar surface area (TPSA) is 97.0 Å². The maximum absolute atomic E-state index is 15.2. The number of halogens is 1. The summed E-state index contributed by atoms with van der Waals surface area (Å²) >= 11 is 0. The van der Waals surface area contributed by atoms with Crippen LogP contribution in [0.4, 0.5) is 14.9 Å². The summed E-state index contributed by atoms with van der Waals surface area (Å²) < 4.78 is 25.9. The number of anilines is 1. The van der Waals surface area contributed by atoms with E-state index in [9.17, 15) is 14.4 Å². The van der Waals surface area contributed by atoms with Crippen molar-refractivity contribution in [1.82, 2.24) is 10.6 Å². The Kier molecular flexibility index (Phi) is 5.66.